The Bertz CT molecular complexity index is 354. The van der Waals surface area contributed by atoms with Crippen molar-refractivity contribution in [3.63, 3.8) is 0 Å². The number of rotatable bonds is 1. The van der Waals surface area contributed by atoms with Gasteiger partial charge in [0.05, 0.1) is 4.92 Å². The lowest BCUT2D eigenvalue weighted by molar-refractivity contribution is -0.572. The van der Waals surface area contributed by atoms with Crippen molar-refractivity contribution >= 4 is 0 Å². The molecule has 1 aliphatic heterocycles. The Balaban J connectivity index is 2.38. The summed E-state index contributed by atoms with van der Waals surface area (Å²) in [5.74, 6) is 0.275. The summed E-state index contributed by atoms with van der Waals surface area (Å²) in [6.45, 7) is 0. The van der Waals surface area contributed by atoms with Crippen LogP contribution in [0.15, 0.2) is 18.3 Å². The molecule has 0 saturated carbocycles. The maximum atomic E-state index is 10.4. The van der Waals surface area contributed by atoms with Crippen molar-refractivity contribution in [1.29, 1.82) is 0 Å². The van der Waals surface area contributed by atoms with Gasteiger partial charge in [-0.2, -0.15) is 0 Å². The van der Waals surface area contributed by atoms with E-state index >= 15 is 0 Å². The van der Waals surface area contributed by atoms with Crippen molar-refractivity contribution in [1.82, 2.24) is 4.98 Å². The predicted octanol–water partition coefficient (Wildman–Crippen LogP) is 0.110. The first-order valence-corrected chi connectivity index (χ1v) is 3.63. The van der Waals surface area contributed by atoms with Crippen LogP contribution in [0.2, 0.25) is 0 Å². The quantitative estimate of drug-likeness (QED) is 0.492. The molecule has 0 fully saturated rings. The molecule has 0 aliphatic carbocycles. The van der Waals surface area contributed by atoms with Crippen molar-refractivity contribution in [2.75, 3.05) is 0 Å². The van der Waals surface area contributed by atoms with Crippen LogP contribution in [0.5, 0.6) is 5.75 Å². The monoisotopic (exact) mass is 182 g/mol. The molecule has 0 saturated heterocycles. The number of hydrogen-bond donors (Lipinski definition) is 1. The van der Waals surface area contributed by atoms with Gasteiger partial charge in [-0.05, 0) is 12.1 Å². The zero-order valence-electron chi connectivity index (χ0n) is 6.45. The molecule has 0 spiro atoms. The first-order chi connectivity index (χ1) is 6.20. The smallest absolute Gasteiger partial charge is 0.385 e. The maximum Gasteiger partial charge on any atom is 0.385 e. The van der Waals surface area contributed by atoms with Crippen LogP contribution in [0.4, 0.5) is 0 Å². The Kier molecular flexibility index (Phi) is 1.63. The van der Waals surface area contributed by atoms with E-state index in [9.17, 15) is 15.2 Å². The number of nitrogens with zero attached hydrogens (tertiary/aromatic N) is 2. The van der Waals surface area contributed by atoms with Gasteiger partial charge in [0.1, 0.15) is 5.69 Å². The number of pyridine rings is 1. The van der Waals surface area contributed by atoms with E-state index in [-0.39, 0.29) is 11.4 Å². The molecule has 2 heterocycles. The van der Waals surface area contributed by atoms with Crippen LogP contribution in [0, 0.1) is 10.1 Å². The highest BCUT2D eigenvalue weighted by atomic mass is 16.7. The molecular weight excluding hydrogens is 176 g/mol. The normalized spacial score (nSPS) is 25.0. The van der Waals surface area contributed by atoms with Gasteiger partial charge in [-0.1, -0.05) is 0 Å². The minimum absolute atomic E-state index is 0.226. The highest BCUT2D eigenvalue weighted by Crippen LogP contribution is 2.34. The summed E-state index contributed by atoms with van der Waals surface area (Å²) in [4.78, 5) is 13.5. The van der Waals surface area contributed by atoms with E-state index in [0.717, 1.165) is 0 Å². The van der Waals surface area contributed by atoms with Gasteiger partial charge < -0.3 is 9.84 Å². The summed E-state index contributed by atoms with van der Waals surface area (Å²) in [6, 6.07) is 3.13. The molecule has 13 heavy (non-hydrogen) atoms. The average Bonchev–Trinajstić information content (AvgIpc) is 2.45. The Morgan fingerprint density at radius 1 is 1.69 bits per heavy atom. The summed E-state index contributed by atoms with van der Waals surface area (Å²) in [5, 5.41) is 19.8. The van der Waals surface area contributed by atoms with Crippen LogP contribution < -0.4 is 4.74 Å². The predicted molar refractivity (Wildman–Crippen MR) is 40.6 cm³/mol. The fourth-order valence-corrected chi connectivity index (χ4v) is 1.21. The van der Waals surface area contributed by atoms with E-state index in [4.69, 9.17) is 4.74 Å². The second kappa shape index (κ2) is 2.67. The van der Waals surface area contributed by atoms with Crippen LogP contribution in [0.1, 0.15) is 11.8 Å². The summed E-state index contributed by atoms with van der Waals surface area (Å²) in [7, 11) is 0. The fraction of sp³-hybridized carbons (Fsp3) is 0.286. The zero-order valence-corrected chi connectivity index (χ0v) is 6.45. The molecule has 68 valence electrons. The van der Waals surface area contributed by atoms with E-state index in [2.05, 4.69) is 4.98 Å². The molecule has 1 aromatic rings. The topological polar surface area (TPSA) is 85.5 Å². The molecule has 2 atom stereocenters. The minimum Gasteiger partial charge on any atom is -0.426 e. The molecule has 6 heteroatoms. The fourth-order valence-electron chi connectivity index (χ4n) is 1.21. The lowest BCUT2D eigenvalue weighted by Crippen LogP contribution is -2.28. The number of aliphatic hydroxyl groups excluding tert-OH is 1. The Labute approximate surface area is 72.9 Å². The van der Waals surface area contributed by atoms with E-state index in [1.165, 1.54) is 12.3 Å². The first kappa shape index (κ1) is 7.93. The van der Waals surface area contributed by atoms with Gasteiger partial charge in [0.15, 0.2) is 5.75 Å². The van der Waals surface area contributed by atoms with Crippen molar-refractivity contribution < 1.29 is 14.8 Å². The standard InChI is InChI=1S/C7H6N2O4/c10-6-5-4(2-1-3-8-5)13-7(6)9(11)12/h1-3,6-7,10H/t6-,7-/m1/s1. The van der Waals surface area contributed by atoms with Crippen LogP contribution >= 0.6 is 0 Å². The molecule has 1 N–H and O–H groups in total. The minimum atomic E-state index is -1.43. The number of hydrogen-bond acceptors (Lipinski definition) is 5. The van der Waals surface area contributed by atoms with E-state index in [1.807, 2.05) is 0 Å². The number of nitro groups is 1. The van der Waals surface area contributed by atoms with Crippen molar-refractivity contribution in [2.45, 2.75) is 12.3 Å². The first-order valence-electron chi connectivity index (χ1n) is 3.63. The molecule has 0 amide bonds. The zero-order chi connectivity index (χ0) is 9.42. The second-order valence-corrected chi connectivity index (χ2v) is 2.63. The number of aliphatic hydroxyl groups is 1. The number of aromatic nitrogens is 1. The molecule has 0 aromatic carbocycles. The summed E-state index contributed by atoms with van der Waals surface area (Å²) < 4.78 is 4.87. The lowest BCUT2D eigenvalue weighted by Gasteiger charge is -2.03. The third kappa shape index (κ3) is 1.11. The van der Waals surface area contributed by atoms with E-state index in [1.54, 1.807) is 6.07 Å². The van der Waals surface area contributed by atoms with Crippen LogP contribution in [-0.2, 0) is 0 Å². The van der Waals surface area contributed by atoms with Gasteiger partial charge in [-0.25, -0.2) is 0 Å². The SMILES string of the molecule is O=[N+]([O-])[C@@H]1Oc2cccnc2[C@H]1O. The van der Waals surface area contributed by atoms with Gasteiger partial charge >= 0.3 is 6.23 Å². The van der Waals surface area contributed by atoms with Crippen LogP contribution in [-0.4, -0.2) is 21.2 Å². The highest BCUT2D eigenvalue weighted by molar-refractivity contribution is 5.32. The molecule has 1 aliphatic rings. The van der Waals surface area contributed by atoms with Crippen LogP contribution in [0.25, 0.3) is 0 Å². The van der Waals surface area contributed by atoms with Crippen molar-refractivity contribution in [3.05, 3.63) is 34.1 Å². The molecule has 0 unspecified atom stereocenters. The summed E-state index contributed by atoms with van der Waals surface area (Å²) >= 11 is 0. The molecule has 1 aromatic heterocycles. The number of ether oxygens (including phenoxy) is 1. The van der Waals surface area contributed by atoms with Gasteiger partial charge in [-0.3, -0.25) is 15.1 Å². The molecule has 0 bridgehead atoms. The molecule has 6 nitrogen and oxygen atoms in total. The molecular formula is C7H6N2O4. The maximum absolute atomic E-state index is 10.4. The Hall–Kier alpha value is -1.69. The van der Waals surface area contributed by atoms with Crippen molar-refractivity contribution in [2.24, 2.45) is 0 Å². The highest BCUT2D eigenvalue weighted by Gasteiger charge is 2.42. The average molecular weight is 182 g/mol. The third-order valence-corrected chi connectivity index (χ3v) is 1.81. The Morgan fingerprint density at radius 2 is 2.46 bits per heavy atom. The van der Waals surface area contributed by atoms with Gasteiger partial charge in [0.25, 0.3) is 0 Å². The summed E-state index contributed by atoms with van der Waals surface area (Å²) in [5.41, 5.74) is 0.226. The number of fused-ring (bicyclic) bond motifs is 1. The largest absolute Gasteiger partial charge is 0.426 e. The molecule has 2 rings (SSSR count). The van der Waals surface area contributed by atoms with E-state index in [0.29, 0.717) is 0 Å². The molecule has 0 radical (unpaired) electrons. The van der Waals surface area contributed by atoms with Gasteiger partial charge in [-0.15, -0.1) is 0 Å². The Morgan fingerprint density at radius 3 is 3.08 bits per heavy atom. The second-order valence-electron chi connectivity index (χ2n) is 2.63. The third-order valence-electron chi connectivity index (χ3n) is 1.81. The van der Waals surface area contributed by atoms with Crippen molar-refractivity contribution in [3.8, 4) is 5.75 Å². The van der Waals surface area contributed by atoms with E-state index < -0.39 is 17.3 Å². The lowest BCUT2D eigenvalue weighted by atomic mass is 10.2. The van der Waals surface area contributed by atoms with Gasteiger partial charge in [0.2, 0.25) is 6.10 Å². The van der Waals surface area contributed by atoms with Crippen LogP contribution in [0.3, 0.4) is 0 Å². The van der Waals surface area contributed by atoms with Gasteiger partial charge in [0, 0.05) is 6.20 Å². The summed E-state index contributed by atoms with van der Waals surface area (Å²) in [6.07, 6.45) is -1.25.